The van der Waals surface area contributed by atoms with Crippen LogP contribution in [0.1, 0.15) is 5.56 Å². The van der Waals surface area contributed by atoms with Gasteiger partial charge in [-0.25, -0.2) is 4.98 Å². The zero-order valence-corrected chi connectivity index (χ0v) is 13.4. The van der Waals surface area contributed by atoms with E-state index in [1.165, 1.54) is 0 Å². The predicted octanol–water partition coefficient (Wildman–Crippen LogP) is 3.42. The summed E-state index contributed by atoms with van der Waals surface area (Å²) in [5, 5.41) is 14.7. The summed E-state index contributed by atoms with van der Waals surface area (Å²) in [6.07, 6.45) is 6.88. The minimum Gasteiger partial charge on any atom is -0.465 e. The van der Waals surface area contributed by atoms with Crippen LogP contribution in [0.3, 0.4) is 0 Å². The Labute approximate surface area is 141 Å². The number of methoxy groups -OCH3 is 1. The van der Waals surface area contributed by atoms with E-state index in [2.05, 4.69) is 4.98 Å². The number of nitrogens with zero attached hydrogens (tertiary/aromatic N) is 3. The summed E-state index contributed by atoms with van der Waals surface area (Å²) in [4.78, 5) is 12.3. The molecule has 23 heavy (non-hydrogen) atoms. The molecule has 0 aliphatic rings. The van der Waals surface area contributed by atoms with Crippen LogP contribution < -0.4 is 0 Å². The summed E-state index contributed by atoms with van der Waals surface area (Å²) in [5.41, 5.74) is 0.733. The maximum Gasteiger partial charge on any atom is 0.291 e. The molecule has 1 N–H and O–H groups in total. The summed E-state index contributed by atoms with van der Waals surface area (Å²) in [6, 6.07) is 5.21. The van der Waals surface area contributed by atoms with Gasteiger partial charge in [0.25, 0.3) is 5.09 Å². The van der Waals surface area contributed by atoms with Crippen LogP contribution in [0, 0.1) is 10.1 Å². The first-order valence-electron chi connectivity index (χ1n) is 6.03. The SMILES string of the molecule is COCOC(=Cn1ccnc1)c1ccc(Cl)cc1Cl.O=[N+]([O-])O. The molecule has 0 aliphatic heterocycles. The number of benzene rings is 1. The second-order valence-electron chi connectivity index (χ2n) is 3.92. The van der Waals surface area contributed by atoms with Crippen LogP contribution in [-0.4, -0.2) is 33.7 Å². The highest BCUT2D eigenvalue weighted by atomic mass is 35.5. The molecule has 0 bridgehead atoms. The van der Waals surface area contributed by atoms with E-state index < -0.39 is 5.09 Å². The molecule has 1 aromatic carbocycles. The van der Waals surface area contributed by atoms with Crippen LogP contribution in [0.5, 0.6) is 0 Å². The lowest BCUT2D eigenvalue weighted by Gasteiger charge is -2.11. The third-order valence-corrected chi connectivity index (χ3v) is 2.87. The van der Waals surface area contributed by atoms with Gasteiger partial charge in [0.05, 0.1) is 17.5 Å². The molecule has 0 spiro atoms. The van der Waals surface area contributed by atoms with E-state index in [0.717, 1.165) is 5.56 Å². The second kappa shape index (κ2) is 9.67. The molecule has 0 unspecified atom stereocenters. The van der Waals surface area contributed by atoms with E-state index in [1.54, 1.807) is 54.8 Å². The van der Waals surface area contributed by atoms with Crippen molar-refractivity contribution in [2.24, 2.45) is 0 Å². The molecule has 124 valence electrons. The quantitative estimate of drug-likeness (QED) is 0.379. The fourth-order valence-electron chi connectivity index (χ4n) is 1.48. The van der Waals surface area contributed by atoms with Crippen molar-refractivity contribution in [2.45, 2.75) is 0 Å². The Balaban J connectivity index is 0.000000593. The first kappa shape index (κ1) is 18.8. The van der Waals surface area contributed by atoms with Gasteiger partial charge < -0.3 is 19.2 Å². The van der Waals surface area contributed by atoms with Crippen molar-refractivity contribution in [3.63, 3.8) is 0 Å². The van der Waals surface area contributed by atoms with Crippen LogP contribution in [0.15, 0.2) is 36.9 Å². The number of aromatic nitrogens is 2. The zero-order chi connectivity index (χ0) is 17.2. The van der Waals surface area contributed by atoms with E-state index in [1.807, 2.05) is 0 Å². The lowest BCUT2D eigenvalue weighted by Crippen LogP contribution is -1.99. The molecule has 0 aliphatic carbocycles. The van der Waals surface area contributed by atoms with Gasteiger partial charge in [-0.3, -0.25) is 0 Å². The zero-order valence-electron chi connectivity index (χ0n) is 11.9. The van der Waals surface area contributed by atoms with Crippen molar-refractivity contribution in [1.29, 1.82) is 0 Å². The highest BCUT2D eigenvalue weighted by molar-refractivity contribution is 6.35. The minimum absolute atomic E-state index is 0.124. The Kier molecular flexibility index (Phi) is 7.89. The Morgan fingerprint density at radius 1 is 1.52 bits per heavy atom. The van der Waals surface area contributed by atoms with E-state index in [0.29, 0.717) is 15.8 Å². The Hall–Kier alpha value is -2.29. The fraction of sp³-hybridized carbons (Fsp3) is 0.154. The van der Waals surface area contributed by atoms with Crippen molar-refractivity contribution >= 4 is 35.2 Å². The van der Waals surface area contributed by atoms with E-state index in [-0.39, 0.29) is 6.79 Å². The first-order valence-corrected chi connectivity index (χ1v) is 6.79. The number of hydrogen-bond acceptors (Lipinski definition) is 5. The average molecular weight is 362 g/mol. The molecule has 8 nitrogen and oxygen atoms in total. The van der Waals surface area contributed by atoms with Gasteiger partial charge in [0.2, 0.25) is 0 Å². The Bertz CT molecular complexity index is 658. The van der Waals surface area contributed by atoms with E-state index in [9.17, 15) is 0 Å². The Morgan fingerprint density at radius 2 is 2.22 bits per heavy atom. The monoisotopic (exact) mass is 361 g/mol. The summed E-state index contributed by atoms with van der Waals surface area (Å²) >= 11 is 12.1. The summed E-state index contributed by atoms with van der Waals surface area (Å²) in [7, 11) is 1.55. The van der Waals surface area contributed by atoms with Gasteiger partial charge >= 0.3 is 0 Å². The van der Waals surface area contributed by atoms with Crippen LogP contribution in [0.2, 0.25) is 10.0 Å². The number of ether oxygens (including phenoxy) is 2. The van der Waals surface area contributed by atoms with Gasteiger partial charge in [-0.05, 0) is 18.2 Å². The van der Waals surface area contributed by atoms with Gasteiger partial charge in [-0.2, -0.15) is 0 Å². The van der Waals surface area contributed by atoms with E-state index in [4.69, 9.17) is 48.0 Å². The number of imidazole rings is 1. The second-order valence-corrected chi connectivity index (χ2v) is 4.76. The molecule has 2 rings (SSSR count). The van der Waals surface area contributed by atoms with Gasteiger partial charge in [0, 0.05) is 30.1 Å². The molecule has 0 fully saturated rings. The number of rotatable bonds is 5. The van der Waals surface area contributed by atoms with Crippen molar-refractivity contribution in [1.82, 2.24) is 9.55 Å². The maximum atomic E-state index is 8.36. The smallest absolute Gasteiger partial charge is 0.291 e. The molecule has 0 atom stereocenters. The standard InChI is InChI=1S/C13H12Cl2N2O2.HNO3/c1-18-9-19-13(7-17-5-4-16-8-17)11-3-2-10(14)6-12(11)15;2-1(3)4/h2-8H,9H2,1H3;(H,2,3,4). The van der Waals surface area contributed by atoms with Crippen molar-refractivity contribution in [3.05, 3.63) is 62.6 Å². The molecular weight excluding hydrogens is 349 g/mol. The van der Waals surface area contributed by atoms with Crippen LogP contribution in [0.25, 0.3) is 12.0 Å². The summed E-state index contributed by atoms with van der Waals surface area (Å²) in [6.45, 7) is 0.124. The molecule has 1 heterocycles. The van der Waals surface area contributed by atoms with Crippen LogP contribution in [0.4, 0.5) is 0 Å². The highest BCUT2D eigenvalue weighted by Crippen LogP contribution is 2.28. The lowest BCUT2D eigenvalue weighted by molar-refractivity contribution is -0.742. The normalized spacial score (nSPS) is 10.7. The van der Waals surface area contributed by atoms with Gasteiger partial charge in [0.15, 0.2) is 6.79 Å². The average Bonchev–Trinajstić information content (AvgIpc) is 2.96. The fourth-order valence-corrected chi connectivity index (χ4v) is 1.98. The molecule has 0 amide bonds. The van der Waals surface area contributed by atoms with Crippen molar-refractivity contribution < 1.29 is 19.8 Å². The molecule has 1 aromatic heterocycles. The number of halogens is 2. The molecule has 0 saturated carbocycles. The third-order valence-electron chi connectivity index (χ3n) is 2.32. The van der Waals surface area contributed by atoms with E-state index >= 15 is 0 Å². The van der Waals surface area contributed by atoms with Gasteiger partial charge in [-0.1, -0.05) is 23.2 Å². The first-order chi connectivity index (χ1) is 10.9. The van der Waals surface area contributed by atoms with Crippen molar-refractivity contribution in [3.8, 4) is 0 Å². The topological polar surface area (TPSA) is 99.7 Å². The number of hydrogen-bond donors (Lipinski definition) is 1. The molecule has 2 aromatic rings. The minimum atomic E-state index is -1.50. The largest absolute Gasteiger partial charge is 0.465 e. The summed E-state index contributed by atoms with van der Waals surface area (Å²) < 4.78 is 12.2. The molecular formula is C13H13Cl2N3O5. The van der Waals surface area contributed by atoms with Gasteiger partial charge in [0.1, 0.15) is 5.76 Å². The lowest BCUT2D eigenvalue weighted by atomic mass is 10.2. The maximum absolute atomic E-state index is 8.36. The van der Waals surface area contributed by atoms with Crippen molar-refractivity contribution in [2.75, 3.05) is 13.9 Å². The van der Waals surface area contributed by atoms with Gasteiger partial charge in [-0.15, -0.1) is 10.1 Å². The highest BCUT2D eigenvalue weighted by Gasteiger charge is 2.09. The third kappa shape index (κ3) is 7.00. The molecule has 0 radical (unpaired) electrons. The Morgan fingerprint density at radius 3 is 2.74 bits per heavy atom. The predicted molar refractivity (Wildman–Crippen MR) is 84.6 cm³/mol. The summed E-state index contributed by atoms with van der Waals surface area (Å²) in [5.74, 6) is 0.571. The molecule has 10 heteroatoms. The van der Waals surface area contributed by atoms with Crippen LogP contribution >= 0.6 is 23.2 Å². The van der Waals surface area contributed by atoms with Crippen LogP contribution in [-0.2, 0) is 9.47 Å². The molecule has 0 saturated heterocycles.